The number of carbonyl (C=O) groups is 1. The summed E-state index contributed by atoms with van der Waals surface area (Å²) in [5.74, 6) is -1.04. The number of aryl methyl sites for hydroxylation is 2. The van der Waals surface area contributed by atoms with Crippen molar-refractivity contribution in [3.05, 3.63) is 82.1 Å². The Morgan fingerprint density at radius 3 is 2.74 bits per heavy atom. The third-order valence-corrected chi connectivity index (χ3v) is 5.36. The zero-order valence-electron chi connectivity index (χ0n) is 16.6. The predicted molar refractivity (Wildman–Crippen MR) is 112 cm³/mol. The topological polar surface area (TPSA) is 77.2 Å². The second kappa shape index (κ2) is 8.65. The summed E-state index contributed by atoms with van der Waals surface area (Å²) < 4.78 is 37.5. The first-order valence-corrected chi connectivity index (χ1v) is 10.2. The lowest BCUT2D eigenvalue weighted by Crippen LogP contribution is -2.11. The highest BCUT2D eigenvalue weighted by Gasteiger charge is 2.13. The molecule has 4 rings (SSSR count). The van der Waals surface area contributed by atoms with Crippen LogP contribution in [0.15, 0.2) is 52.4 Å². The Morgan fingerprint density at radius 2 is 2.00 bits per heavy atom. The number of hydrogen-bond acceptors (Lipinski definition) is 6. The molecule has 0 radical (unpaired) electrons. The minimum absolute atomic E-state index is 0.274. The molecule has 1 amide bonds. The molecule has 31 heavy (non-hydrogen) atoms. The van der Waals surface area contributed by atoms with E-state index in [4.69, 9.17) is 9.26 Å². The molecular formula is C22H17F2N3O3S. The number of anilines is 1. The van der Waals surface area contributed by atoms with Crippen LogP contribution in [0.3, 0.4) is 0 Å². The first-order chi connectivity index (χ1) is 14.9. The number of rotatable bonds is 6. The van der Waals surface area contributed by atoms with Crippen molar-refractivity contribution >= 4 is 22.4 Å². The molecule has 0 atom stereocenters. The second-order valence-electron chi connectivity index (χ2n) is 6.74. The highest BCUT2D eigenvalue weighted by molar-refractivity contribution is 7.14. The van der Waals surface area contributed by atoms with E-state index in [1.165, 1.54) is 17.4 Å². The van der Waals surface area contributed by atoms with Crippen molar-refractivity contribution in [1.82, 2.24) is 10.1 Å². The van der Waals surface area contributed by atoms with E-state index in [2.05, 4.69) is 15.5 Å². The van der Waals surface area contributed by atoms with Crippen LogP contribution >= 0.6 is 11.3 Å². The lowest BCUT2D eigenvalue weighted by Gasteiger charge is -2.08. The molecule has 4 aromatic rings. The van der Waals surface area contributed by atoms with Crippen molar-refractivity contribution in [2.75, 3.05) is 5.32 Å². The first kappa shape index (κ1) is 20.7. The summed E-state index contributed by atoms with van der Waals surface area (Å²) in [6.45, 7) is 3.92. The molecule has 0 spiro atoms. The van der Waals surface area contributed by atoms with E-state index in [-0.39, 0.29) is 12.5 Å². The molecule has 2 aromatic carbocycles. The van der Waals surface area contributed by atoms with E-state index in [1.54, 1.807) is 29.6 Å². The summed E-state index contributed by atoms with van der Waals surface area (Å²) in [6, 6.07) is 10.3. The number of amides is 1. The van der Waals surface area contributed by atoms with E-state index in [0.717, 1.165) is 23.4 Å². The molecule has 1 N–H and O–H groups in total. The van der Waals surface area contributed by atoms with Gasteiger partial charge in [-0.15, -0.1) is 11.3 Å². The summed E-state index contributed by atoms with van der Waals surface area (Å²) in [4.78, 5) is 16.9. The molecule has 158 valence electrons. The van der Waals surface area contributed by atoms with Crippen molar-refractivity contribution in [3.8, 4) is 17.0 Å². The van der Waals surface area contributed by atoms with Crippen molar-refractivity contribution < 1.29 is 22.8 Å². The summed E-state index contributed by atoms with van der Waals surface area (Å²) in [5.41, 5.74) is 2.87. The lowest BCUT2D eigenvalue weighted by atomic mass is 10.2. The quantitative estimate of drug-likeness (QED) is 0.426. The fraction of sp³-hybridized carbons (Fsp3) is 0.136. The maximum Gasteiger partial charge on any atom is 0.257 e. The van der Waals surface area contributed by atoms with Gasteiger partial charge in [-0.3, -0.25) is 10.1 Å². The van der Waals surface area contributed by atoms with Gasteiger partial charge in [0.2, 0.25) is 0 Å². The van der Waals surface area contributed by atoms with E-state index in [0.29, 0.717) is 33.5 Å². The second-order valence-corrected chi connectivity index (χ2v) is 7.60. The minimum atomic E-state index is -0.954. The van der Waals surface area contributed by atoms with Crippen LogP contribution in [0.5, 0.6) is 5.75 Å². The van der Waals surface area contributed by atoms with Crippen LogP contribution in [0, 0.1) is 25.5 Å². The Kier molecular flexibility index (Phi) is 5.77. The molecule has 2 heterocycles. The van der Waals surface area contributed by atoms with Crippen LogP contribution in [0.2, 0.25) is 0 Å². The van der Waals surface area contributed by atoms with E-state index in [1.807, 2.05) is 13.8 Å². The van der Waals surface area contributed by atoms with Gasteiger partial charge >= 0.3 is 0 Å². The Labute approximate surface area is 180 Å². The maximum atomic E-state index is 13.4. The van der Waals surface area contributed by atoms with Crippen LogP contribution in [0.25, 0.3) is 11.3 Å². The van der Waals surface area contributed by atoms with Crippen molar-refractivity contribution in [2.24, 2.45) is 0 Å². The Bertz CT molecular complexity index is 1230. The van der Waals surface area contributed by atoms with Gasteiger partial charge in [-0.25, -0.2) is 13.8 Å². The number of aromatic nitrogens is 2. The smallest absolute Gasteiger partial charge is 0.257 e. The number of thiazole rings is 1. The highest BCUT2D eigenvalue weighted by atomic mass is 32.1. The van der Waals surface area contributed by atoms with Gasteiger partial charge < -0.3 is 9.26 Å². The summed E-state index contributed by atoms with van der Waals surface area (Å²) in [7, 11) is 0. The lowest BCUT2D eigenvalue weighted by molar-refractivity contribution is 0.102. The molecule has 2 aromatic heterocycles. The fourth-order valence-electron chi connectivity index (χ4n) is 2.88. The van der Waals surface area contributed by atoms with Crippen molar-refractivity contribution in [2.45, 2.75) is 20.5 Å². The minimum Gasteiger partial charge on any atom is -0.489 e. The summed E-state index contributed by atoms with van der Waals surface area (Å²) >= 11 is 1.19. The zero-order valence-corrected chi connectivity index (χ0v) is 17.4. The normalized spacial score (nSPS) is 10.8. The van der Waals surface area contributed by atoms with Gasteiger partial charge in [0.15, 0.2) is 16.8 Å². The number of benzene rings is 2. The van der Waals surface area contributed by atoms with Gasteiger partial charge in [0.1, 0.15) is 18.1 Å². The molecule has 0 bridgehead atoms. The average Bonchev–Trinajstić information content (AvgIpc) is 3.35. The Morgan fingerprint density at radius 1 is 1.16 bits per heavy atom. The van der Waals surface area contributed by atoms with Crippen LogP contribution in [0.4, 0.5) is 13.9 Å². The number of nitrogens with zero attached hydrogens (tertiary/aromatic N) is 2. The van der Waals surface area contributed by atoms with Crippen LogP contribution < -0.4 is 10.1 Å². The van der Waals surface area contributed by atoms with Crippen LogP contribution in [0.1, 0.15) is 27.4 Å². The Hall–Kier alpha value is -3.59. The molecule has 0 saturated carbocycles. The first-order valence-electron chi connectivity index (χ1n) is 9.27. The number of carbonyl (C=O) groups excluding carboxylic acids is 1. The molecule has 9 heteroatoms. The third-order valence-electron chi connectivity index (χ3n) is 4.60. The predicted octanol–water partition coefficient (Wildman–Crippen LogP) is 5.52. The number of halogens is 2. The van der Waals surface area contributed by atoms with Gasteiger partial charge in [-0.2, -0.15) is 0 Å². The van der Waals surface area contributed by atoms with Crippen molar-refractivity contribution in [3.63, 3.8) is 0 Å². The standard InChI is InChI=1S/C22H17F2N3O3S/c1-12-17(13(2)30-27-12)10-29-16-5-3-4-15(8-16)21(28)26-22-25-20(11-31-22)14-6-7-18(23)19(24)9-14/h3-9,11H,10H2,1-2H3,(H,25,26,28). The van der Waals surface area contributed by atoms with E-state index < -0.39 is 11.6 Å². The molecule has 0 aliphatic heterocycles. The average molecular weight is 441 g/mol. The third kappa shape index (κ3) is 4.61. The SMILES string of the molecule is Cc1noc(C)c1COc1cccc(C(=O)Nc2nc(-c3ccc(F)c(F)c3)cs2)c1. The Balaban J connectivity index is 1.44. The molecule has 0 aliphatic carbocycles. The molecule has 0 aliphatic rings. The summed E-state index contributed by atoms with van der Waals surface area (Å²) in [5, 5.41) is 8.60. The molecule has 0 unspecified atom stereocenters. The van der Waals surface area contributed by atoms with Gasteiger partial charge in [-0.1, -0.05) is 11.2 Å². The fourth-order valence-corrected chi connectivity index (χ4v) is 3.59. The van der Waals surface area contributed by atoms with Gasteiger partial charge in [0.05, 0.1) is 17.0 Å². The zero-order chi connectivity index (χ0) is 22.0. The number of nitrogens with one attached hydrogen (secondary N) is 1. The molecular weight excluding hydrogens is 424 g/mol. The molecule has 6 nitrogen and oxygen atoms in total. The van der Waals surface area contributed by atoms with E-state index in [9.17, 15) is 13.6 Å². The maximum absolute atomic E-state index is 13.4. The largest absolute Gasteiger partial charge is 0.489 e. The molecule has 0 fully saturated rings. The van der Waals surface area contributed by atoms with Crippen LogP contribution in [-0.4, -0.2) is 16.0 Å². The monoisotopic (exact) mass is 441 g/mol. The van der Waals surface area contributed by atoms with E-state index >= 15 is 0 Å². The van der Waals surface area contributed by atoms with Crippen LogP contribution in [-0.2, 0) is 6.61 Å². The summed E-state index contributed by atoms with van der Waals surface area (Å²) in [6.07, 6.45) is 0. The number of hydrogen-bond donors (Lipinski definition) is 1. The van der Waals surface area contributed by atoms with Gasteiger partial charge in [0.25, 0.3) is 5.91 Å². The van der Waals surface area contributed by atoms with Crippen molar-refractivity contribution in [1.29, 1.82) is 0 Å². The van der Waals surface area contributed by atoms with Gasteiger partial charge in [-0.05, 0) is 50.2 Å². The highest BCUT2D eigenvalue weighted by Crippen LogP contribution is 2.27. The number of ether oxygens (including phenoxy) is 1. The van der Waals surface area contributed by atoms with Gasteiger partial charge in [0, 0.05) is 16.5 Å². The molecule has 0 saturated heterocycles.